The average molecular weight is 620 g/mol. The van der Waals surface area contributed by atoms with Gasteiger partial charge in [0.2, 0.25) is 0 Å². The van der Waals surface area contributed by atoms with E-state index in [-0.39, 0.29) is 10.8 Å². The zero-order valence-corrected chi connectivity index (χ0v) is 27.8. The third-order valence-electron chi connectivity index (χ3n) is 10.5. The lowest BCUT2D eigenvalue weighted by molar-refractivity contribution is 0.299. The highest BCUT2D eigenvalue weighted by Crippen LogP contribution is 2.54. The molecule has 0 saturated carbocycles. The van der Waals surface area contributed by atoms with Gasteiger partial charge in [0, 0.05) is 16.7 Å². The van der Waals surface area contributed by atoms with E-state index in [0.29, 0.717) is 17.5 Å². The van der Waals surface area contributed by atoms with Crippen LogP contribution in [0.5, 0.6) is 0 Å². The van der Waals surface area contributed by atoms with E-state index >= 15 is 0 Å². The highest BCUT2D eigenvalue weighted by molar-refractivity contribution is 5.86. The summed E-state index contributed by atoms with van der Waals surface area (Å²) in [4.78, 5) is 15.0. The molecule has 3 heteroatoms. The lowest BCUT2D eigenvalue weighted by atomic mass is 9.55. The van der Waals surface area contributed by atoms with Crippen LogP contribution in [-0.4, -0.2) is 15.0 Å². The van der Waals surface area contributed by atoms with Gasteiger partial charge < -0.3 is 0 Å². The minimum absolute atomic E-state index is 0.0114. The molecule has 1 heterocycles. The van der Waals surface area contributed by atoms with Crippen molar-refractivity contribution in [3.05, 3.63) is 163 Å². The summed E-state index contributed by atoms with van der Waals surface area (Å²) in [5.74, 6) is 1.96. The normalized spacial score (nSPS) is 14.2. The van der Waals surface area contributed by atoms with E-state index in [1.54, 1.807) is 0 Å². The van der Waals surface area contributed by atoms with Crippen molar-refractivity contribution in [1.29, 1.82) is 0 Å². The Bertz CT molecular complexity index is 2230. The van der Waals surface area contributed by atoms with E-state index in [2.05, 4.69) is 119 Å². The number of fused-ring (bicyclic) bond motifs is 3. The van der Waals surface area contributed by atoms with Crippen LogP contribution in [0.2, 0.25) is 0 Å². The molecule has 0 aliphatic heterocycles. The Labute approximate surface area is 283 Å². The van der Waals surface area contributed by atoms with E-state index in [9.17, 15) is 0 Å². The second kappa shape index (κ2) is 11.5. The first-order valence-corrected chi connectivity index (χ1v) is 16.6. The summed E-state index contributed by atoms with van der Waals surface area (Å²) in [6.07, 6.45) is 0. The standard InChI is InChI=1S/C45H37N3/c1-44(2)39-25-14-13-23-36(39)38-29-33(26-27-40(38)45(44,3)4)32-20-15-21-34(28-32)35-22-11-12-24-37(35)43-47-41(30-16-7-5-8-17-30)46-42(48-43)31-18-9-6-10-19-31/h5-29H,1-4H3. The molecule has 1 aromatic heterocycles. The monoisotopic (exact) mass is 619 g/mol. The van der Waals surface area contributed by atoms with Gasteiger partial charge in [-0.3, -0.25) is 0 Å². The first-order valence-electron chi connectivity index (χ1n) is 16.6. The highest BCUT2D eigenvalue weighted by atomic mass is 15.0. The first-order chi connectivity index (χ1) is 23.3. The molecule has 1 aliphatic carbocycles. The van der Waals surface area contributed by atoms with E-state index in [1.807, 2.05) is 60.7 Å². The Kier molecular flexibility index (Phi) is 7.14. The van der Waals surface area contributed by atoms with Crippen LogP contribution in [0.3, 0.4) is 0 Å². The average Bonchev–Trinajstić information content (AvgIpc) is 3.14. The van der Waals surface area contributed by atoms with Crippen LogP contribution in [0.1, 0.15) is 38.8 Å². The molecule has 3 nitrogen and oxygen atoms in total. The van der Waals surface area contributed by atoms with Gasteiger partial charge in [-0.15, -0.1) is 0 Å². The molecule has 0 saturated heterocycles. The Morgan fingerprint density at radius 1 is 0.312 bits per heavy atom. The molecule has 0 radical (unpaired) electrons. The smallest absolute Gasteiger partial charge is 0.164 e. The maximum absolute atomic E-state index is 5.04. The van der Waals surface area contributed by atoms with Crippen molar-refractivity contribution in [3.63, 3.8) is 0 Å². The van der Waals surface area contributed by atoms with Crippen molar-refractivity contribution in [1.82, 2.24) is 15.0 Å². The minimum atomic E-state index is -0.0161. The summed E-state index contributed by atoms with van der Waals surface area (Å²) in [6.45, 7) is 9.52. The number of rotatable bonds is 5. The maximum Gasteiger partial charge on any atom is 0.164 e. The molecule has 0 unspecified atom stereocenters. The van der Waals surface area contributed by atoms with Gasteiger partial charge in [0.05, 0.1) is 0 Å². The van der Waals surface area contributed by atoms with Crippen LogP contribution in [0.4, 0.5) is 0 Å². The number of benzene rings is 6. The van der Waals surface area contributed by atoms with Crippen molar-refractivity contribution in [3.8, 4) is 67.5 Å². The molecular formula is C45H37N3. The van der Waals surface area contributed by atoms with Crippen LogP contribution in [0.25, 0.3) is 67.5 Å². The molecule has 1 aliphatic rings. The zero-order chi connectivity index (χ0) is 32.9. The van der Waals surface area contributed by atoms with Gasteiger partial charge in [0.25, 0.3) is 0 Å². The molecule has 0 N–H and O–H groups in total. The lowest BCUT2D eigenvalue weighted by Crippen LogP contribution is -2.43. The Balaban J connectivity index is 1.25. The number of nitrogens with zero attached hydrogens (tertiary/aromatic N) is 3. The molecule has 0 fully saturated rings. The van der Waals surface area contributed by atoms with E-state index in [4.69, 9.17) is 15.0 Å². The van der Waals surface area contributed by atoms with E-state index in [1.165, 1.54) is 33.4 Å². The summed E-state index contributed by atoms with van der Waals surface area (Å²) >= 11 is 0. The van der Waals surface area contributed by atoms with Crippen molar-refractivity contribution in [2.24, 2.45) is 0 Å². The molecule has 232 valence electrons. The van der Waals surface area contributed by atoms with Crippen LogP contribution in [-0.2, 0) is 10.8 Å². The third kappa shape index (κ3) is 4.94. The molecule has 6 aromatic carbocycles. The SMILES string of the molecule is CC1(C)c2ccccc2-c2cc(-c3cccc(-c4ccccc4-c4nc(-c5ccccc5)nc(-c5ccccc5)n4)c3)ccc2C1(C)C. The Hall–Kier alpha value is -5.67. The van der Waals surface area contributed by atoms with Crippen LogP contribution < -0.4 is 0 Å². The van der Waals surface area contributed by atoms with Crippen LogP contribution >= 0.6 is 0 Å². The summed E-state index contributed by atoms with van der Waals surface area (Å²) in [7, 11) is 0. The molecule has 8 rings (SSSR count). The molecule has 0 bridgehead atoms. The van der Waals surface area contributed by atoms with Crippen LogP contribution in [0, 0.1) is 0 Å². The largest absolute Gasteiger partial charge is 0.208 e. The van der Waals surface area contributed by atoms with Crippen molar-refractivity contribution >= 4 is 0 Å². The van der Waals surface area contributed by atoms with Gasteiger partial charge in [-0.25, -0.2) is 15.0 Å². The van der Waals surface area contributed by atoms with Crippen molar-refractivity contribution < 1.29 is 0 Å². The highest BCUT2D eigenvalue weighted by Gasteiger charge is 2.45. The molecule has 0 spiro atoms. The summed E-state index contributed by atoms with van der Waals surface area (Å²) in [5.41, 5.74) is 12.9. The van der Waals surface area contributed by atoms with Gasteiger partial charge in [-0.05, 0) is 67.5 Å². The topological polar surface area (TPSA) is 38.7 Å². The van der Waals surface area contributed by atoms with Crippen LogP contribution in [0.15, 0.2) is 152 Å². The molecule has 0 amide bonds. The molecule has 7 aromatic rings. The lowest BCUT2D eigenvalue weighted by Gasteiger charge is -2.48. The quantitative estimate of drug-likeness (QED) is 0.192. The van der Waals surface area contributed by atoms with Gasteiger partial charge >= 0.3 is 0 Å². The Morgan fingerprint density at radius 2 is 0.771 bits per heavy atom. The van der Waals surface area contributed by atoms with E-state index in [0.717, 1.165) is 27.8 Å². The third-order valence-corrected chi connectivity index (χ3v) is 10.5. The summed E-state index contributed by atoms with van der Waals surface area (Å²) in [6, 6.07) is 53.5. The predicted molar refractivity (Wildman–Crippen MR) is 198 cm³/mol. The second-order valence-electron chi connectivity index (χ2n) is 13.7. The minimum Gasteiger partial charge on any atom is -0.208 e. The van der Waals surface area contributed by atoms with Gasteiger partial charge in [-0.1, -0.05) is 167 Å². The summed E-state index contributed by atoms with van der Waals surface area (Å²) < 4.78 is 0. The number of aromatic nitrogens is 3. The first kappa shape index (κ1) is 29.7. The predicted octanol–water partition coefficient (Wildman–Crippen LogP) is 11.4. The maximum atomic E-state index is 5.04. The fourth-order valence-electron chi connectivity index (χ4n) is 7.15. The molecule has 48 heavy (non-hydrogen) atoms. The van der Waals surface area contributed by atoms with Crippen molar-refractivity contribution in [2.75, 3.05) is 0 Å². The van der Waals surface area contributed by atoms with E-state index < -0.39 is 0 Å². The molecular weight excluding hydrogens is 583 g/mol. The van der Waals surface area contributed by atoms with Crippen molar-refractivity contribution in [2.45, 2.75) is 38.5 Å². The fraction of sp³-hybridized carbons (Fsp3) is 0.133. The molecule has 0 atom stereocenters. The Morgan fingerprint density at radius 3 is 1.42 bits per heavy atom. The fourth-order valence-corrected chi connectivity index (χ4v) is 7.15. The van der Waals surface area contributed by atoms with Gasteiger partial charge in [0.1, 0.15) is 0 Å². The second-order valence-corrected chi connectivity index (χ2v) is 13.7. The number of hydrogen-bond donors (Lipinski definition) is 0. The van der Waals surface area contributed by atoms with Gasteiger partial charge in [0.15, 0.2) is 17.5 Å². The summed E-state index contributed by atoms with van der Waals surface area (Å²) in [5, 5.41) is 0. The van der Waals surface area contributed by atoms with Gasteiger partial charge in [-0.2, -0.15) is 0 Å². The zero-order valence-electron chi connectivity index (χ0n) is 27.8. The number of hydrogen-bond acceptors (Lipinski definition) is 3.